The molecular formula is C10H17N3S. The summed E-state index contributed by atoms with van der Waals surface area (Å²) >= 11 is 1.79. The SMILES string of the molecule is CNc1cc(SCCC(C)C)ncn1. The van der Waals surface area contributed by atoms with Crippen LogP contribution in [0.3, 0.4) is 0 Å². The van der Waals surface area contributed by atoms with Crippen molar-refractivity contribution in [3.8, 4) is 0 Å². The summed E-state index contributed by atoms with van der Waals surface area (Å²) in [6, 6.07) is 1.98. The van der Waals surface area contributed by atoms with E-state index in [1.54, 1.807) is 18.1 Å². The monoisotopic (exact) mass is 211 g/mol. The van der Waals surface area contributed by atoms with E-state index in [0.717, 1.165) is 22.5 Å². The summed E-state index contributed by atoms with van der Waals surface area (Å²) in [6.45, 7) is 4.47. The number of rotatable bonds is 5. The van der Waals surface area contributed by atoms with Gasteiger partial charge in [-0.1, -0.05) is 13.8 Å². The number of nitrogens with zero attached hydrogens (tertiary/aromatic N) is 2. The zero-order valence-corrected chi connectivity index (χ0v) is 9.77. The molecule has 1 rings (SSSR count). The molecule has 0 aliphatic heterocycles. The highest BCUT2D eigenvalue weighted by Crippen LogP contribution is 2.19. The van der Waals surface area contributed by atoms with Crippen LogP contribution in [0.25, 0.3) is 0 Å². The molecule has 0 bridgehead atoms. The summed E-state index contributed by atoms with van der Waals surface area (Å²) in [5, 5.41) is 4.05. The predicted molar refractivity (Wildman–Crippen MR) is 61.8 cm³/mol. The van der Waals surface area contributed by atoms with Crippen LogP contribution in [0.2, 0.25) is 0 Å². The van der Waals surface area contributed by atoms with Gasteiger partial charge < -0.3 is 5.32 Å². The Bertz CT molecular complexity index is 276. The topological polar surface area (TPSA) is 37.8 Å². The molecule has 0 aromatic carbocycles. The lowest BCUT2D eigenvalue weighted by molar-refractivity contribution is 0.632. The largest absolute Gasteiger partial charge is 0.373 e. The molecule has 0 spiro atoms. The van der Waals surface area contributed by atoms with Gasteiger partial charge in [0.2, 0.25) is 0 Å². The van der Waals surface area contributed by atoms with Gasteiger partial charge in [0.15, 0.2) is 0 Å². The fourth-order valence-corrected chi connectivity index (χ4v) is 2.07. The van der Waals surface area contributed by atoms with Crippen molar-refractivity contribution in [1.82, 2.24) is 9.97 Å². The molecule has 0 saturated heterocycles. The summed E-state index contributed by atoms with van der Waals surface area (Å²) in [5.74, 6) is 2.76. The molecular weight excluding hydrogens is 194 g/mol. The van der Waals surface area contributed by atoms with Gasteiger partial charge in [-0.25, -0.2) is 9.97 Å². The van der Waals surface area contributed by atoms with Crippen LogP contribution < -0.4 is 5.32 Å². The number of aromatic nitrogens is 2. The maximum absolute atomic E-state index is 4.20. The first kappa shape index (κ1) is 11.3. The van der Waals surface area contributed by atoms with Gasteiger partial charge in [-0.3, -0.25) is 0 Å². The Labute approximate surface area is 89.7 Å². The Hall–Kier alpha value is -0.770. The van der Waals surface area contributed by atoms with Gasteiger partial charge in [0, 0.05) is 13.1 Å². The van der Waals surface area contributed by atoms with Crippen LogP contribution in [-0.2, 0) is 0 Å². The maximum Gasteiger partial charge on any atom is 0.130 e. The first-order chi connectivity index (χ1) is 6.72. The van der Waals surface area contributed by atoms with Crippen LogP contribution >= 0.6 is 11.8 Å². The standard InChI is InChI=1S/C10H17N3S/c1-8(2)4-5-14-10-6-9(11-3)12-7-13-10/h6-8H,4-5H2,1-3H3,(H,11,12,13). The third-order valence-corrected chi connectivity index (χ3v) is 2.80. The zero-order valence-electron chi connectivity index (χ0n) is 8.95. The minimum absolute atomic E-state index is 0.758. The molecule has 0 radical (unpaired) electrons. The number of anilines is 1. The smallest absolute Gasteiger partial charge is 0.130 e. The minimum Gasteiger partial charge on any atom is -0.373 e. The van der Waals surface area contributed by atoms with Gasteiger partial charge >= 0.3 is 0 Å². The average Bonchev–Trinajstić information content (AvgIpc) is 2.18. The van der Waals surface area contributed by atoms with Crippen molar-refractivity contribution in [2.75, 3.05) is 18.1 Å². The third kappa shape index (κ3) is 3.96. The molecule has 0 unspecified atom stereocenters. The maximum atomic E-state index is 4.20. The highest BCUT2D eigenvalue weighted by atomic mass is 32.2. The highest BCUT2D eigenvalue weighted by Gasteiger charge is 1.99. The Morgan fingerprint density at radius 1 is 1.43 bits per heavy atom. The number of thioether (sulfide) groups is 1. The molecule has 1 aromatic rings. The van der Waals surface area contributed by atoms with Crippen molar-refractivity contribution in [2.24, 2.45) is 5.92 Å². The second-order valence-corrected chi connectivity index (χ2v) is 4.64. The summed E-state index contributed by atoms with van der Waals surface area (Å²) < 4.78 is 0. The summed E-state index contributed by atoms with van der Waals surface area (Å²) in [4.78, 5) is 8.26. The van der Waals surface area contributed by atoms with E-state index in [0.29, 0.717) is 0 Å². The fraction of sp³-hybridized carbons (Fsp3) is 0.600. The van der Waals surface area contributed by atoms with Crippen molar-refractivity contribution in [1.29, 1.82) is 0 Å². The van der Waals surface area contributed by atoms with Gasteiger partial charge in [0.05, 0.1) is 0 Å². The van der Waals surface area contributed by atoms with Crippen molar-refractivity contribution in [3.63, 3.8) is 0 Å². The molecule has 0 saturated carbocycles. The first-order valence-corrected chi connectivity index (χ1v) is 5.83. The van der Waals surface area contributed by atoms with Crippen molar-refractivity contribution in [2.45, 2.75) is 25.3 Å². The van der Waals surface area contributed by atoms with E-state index in [4.69, 9.17) is 0 Å². The first-order valence-electron chi connectivity index (χ1n) is 4.85. The lowest BCUT2D eigenvalue weighted by atomic mass is 10.2. The number of nitrogens with one attached hydrogen (secondary N) is 1. The summed E-state index contributed by atoms with van der Waals surface area (Å²) in [6.07, 6.45) is 2.83. The van der Waals surface area contributed by atoms with E-state index in [1.807, 2.05) is 13.1 Å². The van der Waals surface area contributed by atoms with Crippen molar-refractivity contribution in [3.05, 3.63) is 12.4 Å². The van der Waals surface area contributed by atoms with Crippen LogP contribution in [0.15, 0.2) is 17.4 Å². The molecule has 1 N–H and O–H groups in total. The quantitative estimate of drug-likeness (QED) is 0.600. The predicted octanol–water partition coefficient (Wildman–Crippen LogP) is 2.66. The van der Waals surface area contributed by atoms with Gasteiger partial charge in [-0.15, -0.1) is 11.8 Å². The third-order valence-electron chi connectivity index (χ3n) is 1.84. The summed E-state index contributed by atoms with van der Waals surface area (Å²) in [7, 11) is 1.87. The van der Waals surface area contributed by atoms with Crippen molar-refractivity contribution >= 4 is 17.6 Å². The van der Waals surface area contributed by atoms with Gasteiger partial charge in [0.25, 0.3) is 0 Å². The van der Waals surface area contributed by atoms with E-state index >= 15 is 0 Å². The second kappa shape index (κ2) is 5.86. The molecule has 4 heteroatoms. The van der Waals surface area contributed by atoms with E-state index in [-0.39, 0.29) is 0 Å². The molecule has 78 valence electrons. The minimum atomic E-state index is 0.758. The van der Waals surface area contributed by atoms with Crippen LogP contribution in [0.1, 0.15) is 20.3 Å². The normalized spacial score (nSPS) is 10.6. The Kier molecular flexibility index (Phi) is 4.73. The highest BCUT2D eigenvalue weighted by molar-refractivity contribution is 7.99. The van der Waals surface area contributed by atoms with Crippen LogP contribution in [-0.4, -0.2) is 22.8 Å². The molecule has 14 heavy (non-hydrogen) atoms. The van der Waals surface area contributed by atoms with Crippen LogP contribution in [0.5, 0.6) is 0 Å². The molecule has 1 heterocycles. The zero-order chi connectivity index (χ0) is 10.4. The molecule has 3 nitrogen and oxygen atoms in total. The Balaban J connectivity index is 2.42. The lowest BCUT2D eigenvalue weighted by Crippen LogP contribution is -1.94. The molecule has 0 fully saturated rings. The van der Waals surface area contributed by atoms with E-state index in [9.17, 15) is 0 Å². The lowest BCUT2D eigenvalue weighted by Gasteiger charge is -2.04. The number of hydrogen-bond acceptors (Lipinski definition) is 4. The van der Waals surface area contributed by atoms with E-state index in [1.165, 1.54) is 6.42 Å². The molecule has 0 amide bonds. The molecule has 0 aliphatic rings. The Morgan fingerprint density at radius 3 is 2.86 bits per heavy atom. The summed E-state index contributed by atoms with van der Waals surface area (Å²) in [5.41, 5.74) is 0. The van der Waals surface area contributed by atoms with Crippen LogP contribution in [0, 0.1) is 5.92 Å². The average molecular weight is 211 g/mol. The Morgan fingerprint density at radius 2 is 2.21 bits per heavy atom. The molecule has 0 atom stereocenters. The van der Waals surface area contributed by atoms with E-state index < -0.39 is 0 Å². The van der Waals surface area contributed by atoms with Gasteiger partial charge in [-0.2, -0.15) is 0 Å². The second-order valence-electron chi connectivity index (χ2n) is 3.52. The fourth-order valence-electron chi connectivity index (χ4n) is 0.954. The van der Waals surface area contributed by atoms with E-state index in [2.05, 4.69) is 29.1 Å². The van der Waals surface area contributed by atoms with Crippen LogP contribution in [0.4, 0.5) is 5.82 Å². The van der Waals surface area contributed by atoms with Crippen molar-refractivity contribution < 1.29 is 0 Å². The van der Waals surface area contributed by atoms with Gasteiger partial charge in [-0.05, 0) is 18.1 Å². The van der Waals surface area contributed by atoms with Gasteiger partial charge in [0.1, 0.15) is 17.2 Å². The number of hydrogen-bond donors (Lipinski definition) is 1. The molecule has 1 aromatic heterocycles. The molecule has 0 aliphatic carbocycles.